The van der Waals surface area contributed by atoms with Gasteiger partial charge in [0.15, 0.2) is 11.6 Å². The van der Waals surface area contributed by atoms with Gasteiger partial charge in [-0.2, -0.15) is 0 Å². The lowest BCUT2D eigenvalue weighted by Gasteiger charge is -2.32. The molecule has 24 nitrogen and oxygen atoms in total. The molecular weight excluding hydrogens is 1020 g/mol. The van der Waals surface area contributed by atoms with Gasteiger partial charge in [-0.1, -0.05) is 33.6 Å². The number of rotatable bonds is 14. The number of esters is 1. The molecular formula is C52H76N8O16S. The molecule has 10 N–H and O–H groups in total. The number of carbonyl (C=O) groups excluding carboxylic acids is 10. The molecule has 0 radical (unpaired) electrons. The van der Waals surface area contributed by atoms with Gasteiger partial charge in [0.25, 0.3) is 0 Å². The summed E-state index contributed by atoms with van der Waals surface area (Å²) in [5.41, 5.74) is 5.60. The minimum atomic E-state index is -2.37. The van der Waals surface area contributed by atoms with Crippen LogP contribution in [0, 0.1) is 23.7 Å². The number of methoxy groups -OCH3 is 1. The Bertz CT molecular complexity index is 2580. The fraction of sp³-hybridized carbons (Fsp3) is 0.654. The quantitative estimate of drug-likeness (QED) is 0.0804. The number of hydrogen-bond donors (Lipinski definition) is 9. The number of ether oxygens (including phenoxy) is 2. The number of ketones is 2. The number of hydrogen-bond acceptors (Lipinski definition) is 16. The zero-order valence-corrected chi connectivity index (χ0v) is 45.7. The number of benzene rings is 1. The van der Waals surface area contributed by atoms with Crippen molar-refractivity contribution in [1.29, 1.82) is 0 Å². The third-order valence-electron chi connectivity index (χ3n) is 14.3. The Kier molecular flexibility index (Phi) is 21.8. The molecule has 5 rings (SSSR count). The number of nitrogens with zero attached hydrogens (tertiary/aromatic N) is 2. The largest absolute Gasteiger partial charge is 0.497 e. The number of aliphatic hydroxyl groups excluding tert-OH is 3. The van der Waals surface area contributed by atoms with Gasteiger partial charge in [0.2, 0.25) is 41.4 Å². The summed E-state index contributed by atoms with van der Waals surface area (Å²) in [6, 6.07) is -1.23. The summed E-state index contributed by atoms with van der Waals surface area (Å²) in [6.45, 7) is 7.36. The predicted octanol–water partition coefficient (Wildman–Crippen LogP) is -1.06. The van der Waals surface area contributed by atoms with E-state index >= 15 is 4.21 Å². The summed E-state index contributed by atoms with van der Waals surface area (Å²) < 4.78 is 28.4. The first-order chi connectivity index (χ1) is 36.3. The third-order valence-corrected chi connectivity index (χ3v) is 15.8. The first-order valence-corrected chi connectivity index (χ1v) is 27.4. The van der Waals surface area contributed by atoms with E-state index in [1.165, 1.54) is 14.0 Å². The number of aromatic nitrogens is 1. The van der Waals surface area contributed by atoms with Crippen molar-refractivity contribution in [2.24, 2.45) is 29.4 Å². The molecule has 3 unspecified atom stereocenters. The van der Waals surface area contributed by atoms with E-state index < -0.39 is 193 Å². The molecule has 77 heavy (non-hydrogen) atoms. The maximum atomic E-state index is 15.6. The van der Waals surface area contributed by atoms with Crippen LogP contribution in [-0.2, 0) is 76.4 Å². The average molecular weight is 1100 g/mol. The van der Waals surface area contributed by atoms with Crippen molar-refractivity contribution in [1.82, 2.24) is 36.1 Å². The predicted molar refractivity (Wildman–Crippen MR) is 277 cm³/mol. The summed E-state index contributed by atoms with van der Waals surface area (Å²) >= 11 is 0. The second kappa shape index (κ2) is 27.3. The summed E-state index contributed by atoms with van der Waals surface area (Å²) in [4.78, 5) is 141. The Balaban J connectivity index is 1.79. The van der Waals surface area contributed by atoms with Crippen LogP contribution < -0.4 is 37.1 Å². The molecule has 4 heterocycles. The van der Waals surface area contributed by atoms with Crippen molar-refractivity contribution in [3.8, 4) is 5.75 Å². The van der Waals surface area contributed by atoms with Crippen LogP contribution in [0.5, 0.6) is 5.75 Å². The van der Waals surface area contributed by atoms with E-state index in [2.05, 4.69) is 26.6 Å². The molecule has 1 aromatic heterocycles. The summed E-state index contributed by atoms with van der Waals surface area (Å²) in [7, 11) is -0.937. The molecule has 426 valence electrons. The number of nitrogens with one attached hydrogen (secondary N) is 5. The Morgan fingerprint density at radius 2 is 1.56 bits per heavy atom. The van der Waals surface area contributed by atoms with E-state index in [4.69, 9.17) is 15.2 Å². The molecule has 3 aliphatic heterocycles. The third kappa shape index (κ3) is 16.4. The van der Waals surface area contributed by atoms with Crippen LogP contribution in [-0.4, -0.2) is 169 Å². The zero-order chi connectivity index (χ0) is 57.1. The molecule has 2 bridgehead atoms. The number of aliphatic hydroxyl groups is 3. The zero-order valence-electron chi connectivity index (χ0n) is 44.8. The van der Waals surface area contributed by atoms with Gasteiger partial charge in [0.05, 0.1) is 79.1 Å². The maximum Gasteiger partial charge on any atom is 0.306 e. The summed E-state index contributed by atoms with van der Waals surface area (Å²) in [6.07, 6.45) is -4.31. The number of Topliss-reactive ketones (excluding diaryl/α,β-unsaturated/α-hetero) is 2. The normalized spacial score (nSPS) is 26.0. The molecule has 3 aliphatic rings. The van der Waals surface area contributed by atoms with E-state index in [1.807, 2.05) is 0 Å². The highest BCUT2D eigenvalue weighted by molar-refractivity contribution is 7.85. The van der Waals surface area contributed by atoms with Crippen molar-refractivity contribution in [3.05, 3.63) is 23.8 Å². The lowest BCUT2D eigenvalue weighted by Crippen LogP contribution is -2.56. The number of aryl methyl sites for hydroxylation is 1. The highest BCUT2D eigenvalue weighted by atomic mass is 32.2. The monoisotopic (exact) mass is 1100 g/mol. The fourth-order valence-electron chi connectivity index (χ4n) is 9.93. The maximum absolute atomic E-state index is 15.6. The lowest BCUT2D eigenvalue weighted by molar-refractivity contribution is -0.155. The molecule has 7 amide bonds. The fourth-order valence-corrected chi connectivity index (χ4v) is 11.6. The number of fused-ring (bicyclic) bond motifs is 5. The Morgan fingerprint density at radius 3 is 2.19 bits per heavy atom. The standard InChI is InChI=1S/C52H76N8O16S/c1-8-27(2)45-49(72)55-22-42(67)56-35-26-77(74)51-34(33-14-13-32(75-7)21-36(33)59(51)15-11-9-10-12-44(69)76-52(4,5)6)16-29(47(70)54-23-43(68)57-45)17-39(64)46(28(3)40(65)25-61)58-48(71)37-20-31(62)24-60(37)50(73)30(18-38(35)63)19-41(53)66/h13-14,21,27-31,35,37,40,45-46,61-62,65H,8-12,15-20,22-26H2,1-7H3,(H2,53,66)(H,54,70)(H,55,72)(H,56,67)(H,57,68)(H,58,71)/t27-,28-,29?,30-,31?,35?,37-,40-,45-,46-,77+/m0/s1. The van der Waals surface area contributed by atoms with E-state index in [-0.39, 0.29) is 30.0 Å². The van der Waals surface area contributed by atoms with Crippen LogP contribution in [0.25, 0.3) is 10.9 Å². The van der Waals surface area contributed by atoms with E-state index in [0.717, 1.165) is 4.90 Å². The average Bonchev–Trinajstić information content (AvgIpc) is 3.95. The molecule has 1 fully saturated rings. The topological polar surface area (TPSA) is 361 Å². The first-order valence-electron chi connectivity index (χ1n) is 26.1. The van der Waals surface area contributed by atoms with Gasteiger partial charge in [-0.15, -0.1) is 0 Å². The van der Waals surface area contributed by atoms with E-state index in [1.54, 1.807) is 57.4 Å². The Morgan fingerprint density at radius 1 is 0.883 bits per heavy atom. The molecule has 11 atom stereocenters. The minimum absolute atomic E-state index is 0.0370. The first kappa shape index (κ1) is 61.5. The van der Waals surface area contributed by atoms with Crippen LogP contribution in [0.15, 0.2) is 23.2 Å². The van der Waals surface area contributed by atoms with Gasteiger partial charge >= 0.3 is 5.97 Å². The van der Waals surface area contributed by atoms with Gasteiger partial charge in [-0.3, -0.25) is 52.2 Å². The summed E-state index contributed by atoms with van der Waals surface area (Å²) in [5, 5.41) is 45.2. The number of primary amides is 1. The molecule has 0 saturated carbocycles. The van der Waals surface area contributed by atoms with Crippen LogP contribution in [0.4, 0.5) is 0 Å². The highest BCUT2D eigenvalue weighted by Gasteiger charge is 2.45. The molecule has 0 spiro atoms. The second-order valence-electron chi connectivity index (χ2n) is 21.3. The number of unbranched alkanes of at least 4 members (excludes halogenated alkanes) is 2. The smallest absolute Gasteiger partial charge is 0.306 e. The van der Waals surface area contributed by atoms with E-state index in [9.17, 15) is 63.3 Å². The summed E-state index contributed by atoms with van der Waals surface area (Å²) in [5.74, 6) is -13.8. The molecule has 0 aliphatic carbocycles. The van der Waals surface area contributed by atoms with Gasteiger partial charge < -0.3 is 66.6 Å². The van der Waals surface area contributed by atoms with Gasteiger partial charge in [-0.05, 0) is 63.6 Å². The van der Waals surface area contributed by atoms with Crippen molar-refractivity contribution >= 4 is 80.6 Å². The van der Waals surface area contributed by atoms with Crippen molar-refractivity contribution in [3.63, 3.8) is 0 Å². The molecule has 25 heteroatoms. The van der Waals surface area contributed by atoms with Crippen LogP contribution in [0.2, 0.25) is 0 Å². The van der Waals surface area contributed by atoms with Crippen molar-refractivity contribution in [2.75, 3.05) is 39.1 Å². The minimum Gasteiger partial charge on any atom is -0.497 e. The van der Waals surface area contributed by atoms with Crippen molar-refractivity contribution in [2.45, 2.75) is 159 Å². The van der Waals surface area contributed by atoms with E-state index in [0.29, 0.717) is 42.3 Å². The van der Waals surface area contributed by atoms with Gasteiger partial charge in [0, 0.05) is 68.5 Å². The van der Waals surface area contributed by atoms with Gasteiger partial charge in [0.1, 0.15) is 28.5 Å². The molecule has 2 aromatic rings. The number of carbonyl (C=O) groups is 10. The van der Waals surface area contributed by atoms with Crippen molar-refractivity contribution < 1.29 is 76.9 Å². The van der Waals surface area contributed by atoms with Crippen LogP contribution >= 0.6 is 0 Å². The Hall–Kier alpha value is -6.31. The lowest BCUT2D eigenvalue weighted by atomic mass is 9.85. The highest BCUT2D eigenvalue weighted by Crippen LogP contribution is 2.36. The number of amides is 7. The molecule has 1 aromatic carbocycles. The number of nitrogens with two attached hydrogens (primary N) is 1. The van der Waals surface area contributed by atoms with Crippen LogP contribution in [0.3, 0.4) is 0 Å². The molecule has 1 saturated heterocycles. The van der Waals surface area contributed by atoms with Gasteiger partial charge in [-0.25, -0.2) is 0 Å². The SMILES string of the molecule is CC[C@H](C)[C@@H]1NC(=O)CNC(=O)C2CC(=O)[C@H]([C@@H](C)[C@@H](O)CO)NC(=O)[C@@H]3CC(O)CN3C(=O)[C@H](CC(N)=O)CC(=O)C(C[S@@](=O)c3c(c4ccc(OC)cc4n3CCCCCC(=O)OC(C)(C)C)C2)NC(=O)CNC1=O. The van der Waals surface area contributed by atoms with Crippen LogP contribution in [0.1, 0.15) is 105 Å². The Labute approximate surface area is 449 Å². The second-order valence-corrected chi connectivity index (χ2v) is 22.7.